The Kier molecular flexibility index (Phi) is 4.15. The summed E-state index contributed by atoms with van der Waals surface area (Å²) in [6.45, 7) is 1.77. The number of hydrogen-bond donors (Lipinski definition) is 1. The zero-order valence-corrected chi connectivity index (χ0v) is 8.87. The van der Waals surface area contributed by atoms with Crippen LogP contribution in [-0.4, -0.2) is 12.7 Å². The van der Waals surface area contributed by atoms with E-state index in [0.717, 1.165) is 0 Å². The van der Waals surface area contributed by atoms with E-state index in [9.17, 15) is 17.6 Å². The van der Waals surface area contributed by atoms with Crippen molar-refractivity contribution in [3.8, 4) is 0 Å². The monoisotopic (exact) mass is 235 g/mol. The van der Waals surface area contributed by atoms with E-state index in [1.54, 1.807) is 13.0 Å². The minimum Gasteiger partial charge on any atom is -0.385 e. The molecule has 0 fully saturated rings. The molecule has 1 aromatic carbocycles. The van der Waals surface area contributed by atoms with Crippen LogP contribution in [0.3, 0.4) is 0 Å². The maximum atomic E-state index is 13.1. The third-order valence-corrected chi connectivity index (χ3v) is 2.22. The van der Waals surface area contributed by atoms with Gasteiger partial charge in [0.1, 0.15) is 5.82 Å². The van der Waals surface area contributed by atoms with Gasteiger partial charge in [-0.25, -0.2) is 4.39 Å². The van der Waals surface area contributed by atoms with Gasteiger partial charge in [-0.3, -0.25) is 0 Å². The van der Waals surface area contributed by atoms with Crippen LogP contribution in [0.5, 0.6) is 0 Å². The standard InChI is InChI=1S/C11H13F4N/c1-8-9(12)4-2-5-10(8)16-7-3-6-11(13,14)15/h2,4-5,16H,3,6-7H2,1H3. The highest BCUT2D eigenvalue weighted by Gasteiger charge is 2.25. The van der Waals surface area contributed by atoms with E-state index in [0.29, 0.717) is 11.3 Å². The first-order valence-corrected chi connectivity index (χ1v) is 4.96. The van der Waals surface area contributed by atoms with E-state index >= 15 is 0 Å². The van der Waals surface area contributed by atoms with Crippen molar-refractivity contribution >= 4 is 5.69 Å². The van der Waals surface area contributed by atoms with Crippen molar-refractivity contribution in [2.75, 3.05) is 11.9 Å². The average molecular weight is 235 g/mol. The normalized spacial score (nSPS) is 11.6. The molecule has 0 aliphatic rings. The predicted molar refractivity (Wildman–Crippen MR) is 54.9 cm³/mol. The molecule has 0 saturated carbocycles. The fraction of sp³-hybridized carbons (Fsp3) is 0.455. The molecule has 0 unspecified atom stereocenters. The molecule has 1 nitrogen and oxygen atoms in total. The molecule has 0 aromatic heterocycles. The topological polar surface area (TPSA) is 12.0 Å². The van der Waals surface area contributed by atoms with Crippen molar-refractivity contribution in [3.63, 3.8) is 0 Å². The smallest absolute Gasteiger partial charge is 0.385 e. The number of halogens is 4. The third-order valence-electron chi connectivity index (χ3n) is 2.22. The summed E-state index contributed by atoms with van der Waals surface area (Å²) in [6, 6.07) is 4.48. The summed E-state index contributed by atoms with van der Waals surface area (Å²) in [4.78, 5) is 0. The Morgan fingerprint density at radius 1 is 1.25 bits per heavy atom. The fourth-order valence-corrected chi connectivity index (χ4v) is 1.31. The van der Waals surface area contributed by atoms with Crippen LogP contribution < -0.4 is 5.32 Å². The number of alkyl halides is 3. The molecule has 90 valence electrons. The highest BCUT2D eigenvalue weighted by Crippen LogP contribution is 2.22. The lowest BCUT2D eigenvalue weighted by molar-refractivity contribution is -0.134. The maximum absolute atomic E-state index is 13.1. The van der Waals surface area contributed by atoms with Crippen LogP contribution in [-0.2, 0) is 0 Å². The summed E-state index contributed by atoms with van der Waals surface area (Å²) in [6.07, 6.45) is -4.97. The minimum atomic E-state index is -4.13. The van der Waals surface area contributed by atoms with Gasteiger partial charge in [0, 0.05) is 24.2 Å². The number of nitrogens with one attached hydrogen (secondary N) is 1. The zero-order valence-electron chi connectivity index (χ0n) is 8.87. The van der Waals surface area contributed by atoms with Crippen LogP contribution in [0.25, 0.3) is 0 Å². The molecule has 0 bridgehead atoms. The van der Waals surface area contributed by atoms with Gasteiger partial charge in [-0.1, -0.05) is 6.07 Å². The second-order valence-corrected chi connectivity index (χ2v) is 3.56. The van der Waals surface area contributed by atoms with E-state index in [1.807, 2.05) is 0 Å². The first-order chi connectivity index (χ1) is 7.40. The van der Waals surface area contributed by atoms with Crippen molar-refractivity contribution in [2.45, 2.75) is 25.9 Å². The molecule has 0 amide bonds. The fourth-order valence-electron chi connectivity index (χ4n) is 1.31. The van der Waals surface area contributed by atoms with E-state index < -0.39 is 12.6 Å². The number of hydrogen-bond acceptors (Lipinski definition) is 1. The second kappa shape index (κ2) is 5.18. The second-order valence-electron chi connectivity index (χ2n) is 3.56. The van der Waals surface area contributed by atoms with Crippen molar-refractivity contribution in [1.82, 2.24) is 0 Å². The average Bonchev–Trinajstić information content (AvgIpc) is 2.17. The quantitative estimate of drug-likeness (QED) is 0.616. The summed E-state index contributed by atoms with van der Waals surface area (Å²) in [7, 11) is 0. The highest BCUT2D eigenvalue weighted by molar-refractivity contribution is 5.50. The minimum absolute atomic E-state index is 0.0144. The Balaban J connectivity index is 2.41. The molecule has 0 spiro atoms. The van der Waals surface area contributed by atoms with Crippen LogP contribution in [0.4, 0.5) is 23.2 Å². The van der Waals surface area contributed by atoms with Gasteiger partial charge in [-0.2, -0.15) is 13.2 Å². The van der Waals surface area contributed by atoms with Crippen LogP contribution in [0.15, 0.2) is 18.2 Å². The summed E-state index contributed by atoms with van der Waals surface area (Å²) < 4.78 is 48.6. The van der Waals surface area contributed by atoms with Crippen molar-refractivity contribution in [1.29, 1.82) is 0 Å². The largest absolute Gasteiger partial charge is 0.389 e. The van der Waals surface area contributed by atoms with Gasteiger partial charge in [0.05, 0.1) is 0 Å². The molecule has 1 aromatic rings. The van der Waals surface area contributed by atoms with Crippen LogP contribution in [0, 0.1) is 12.7 Å². The van der Waals surface area contributed by atoms with Crippen LogP contribution in [0.1, 0.15) is 18.4 Å². The van der Waals surface area contributed by atoms with Crippen molar-refractivity contribution in [3.05, 3.63) is 29.6 Å². The number of benzene rings is 1. The SMILES string of the molecule is Cc1c(F)cccc1NCCCC(F)(F)F. The lowest BCUT2D eigenvalue weighted by Crippen LogP contribution is -2.11. The van der Waals surface area contributed by atoms with Gasteiger partial charge in [0.15, 0.2) is 0 Å². The highest BCUT2D eigenvalue weighted by atomic mass is 19.4. The molecule has 1 N–H and O–H groups in total. The van der Waals surface area contributed by atoms with Gasteiger partial charge in [-0.15, -0.1) is 0 Å². The Labute approximate surface area is 91.5 Å². The number of rotatable bonds is 4. The van der Waals surface area contributed by atoms with Crippen molar-refractivity contribution < 1.29 is 17.6 Å². The molecule has 0 heterocycles. The lowest BCUT2D eigenvalue weighted by atomic mass is 10.2. The predicted octanol–water partition coefficient (Wildman–Crippen LogP) is 3.89. The van der Waals surface area contributed by atoms with Gasteiger partial charge < -0.3 is 5.32 Å². The van der Waals surface area contributed by atoms with Gasteiger partial charge >= 0.3 is 6.18 Å². The first kappa shape index (κ1) is 12.8. The molecule has 1 rings (SSSR count). The molecule has 0 radical (unpaired) electrons. The summed E-state index contributed by atoms with van der Waals surface area (Å²) >= 11 is 0. The molecule has 0 aliphatic heterocycles. The number of anilines is 1. The van der Waals surface area contributed by atoms with Crippen molar-refractivity contribution in [2.24, 2.45) is 0 Å². The molecule has 0 saturated heterocycles. The van der Waals surface area contributed by atoms with Gasteiger partial charge in [0.25, 0.3) is 0 Å². The van der Waals surface area contributed by atoms with Crippen LogP contribution in [0.2, 0.25) is 0 Å². The lowest BCUT2D eigenvalue weighted by Gasteiger charge is -2.10. The summed E-state index contributed by atoms with van der Waals surface area (Å²) in [5.41, 5.74) is 0.969. The van der Waals surface area contributed by atoms with Crippen LogP contribution >= 0.6 is 0 Å². The zero-order chi connectivity index (χ0) is 12.2. The summed E-state index contributed by atoms with van der Waals surface area (Å²) in [5.74, 6) is -0.360. The molecular weight excluding hydrogens is 222 g/mol. The third kappa shape index (κ3) is 4.08. The molecule has 16 heavy (non-hydrogen) atoms. The van der Waals surface area contributed by atoms with Gasteiger partial charge in [0.2, 0.25) is 0 Å². The Morgan fingerprint density at radius 2 is 1.94 bits per heavy atom. The molecule has 0 atom stereocenters. The summed E-state index contributed by atoms with van der Waals surface area (Å²) in [5, 5.41) is 2.79. The molecule has 0 aliphatic carbocycles. The van der Waals surface area contributed by atoms with E-state index in [1.165, 1.54) is 12.1 Å². The molecular formula is C11H13F4N. The molecule has 5 heteroatoms. The Bertz CT molecular complexity index is 346. The van der Waals surface area contributed by atoms with E-state index in [2.05, 4.69) is 5.32 Å². The first-order valence-electron chi connectivity index (χ1n) is 4.96. The Hall–Kier alpha value is -1.26. The Morgan fingerprint density at radius 3 is 2.56 bits per heavy atom. The van der Waals surface area contributed by atoms with Gasteiger partial charge in [-0.05, 0) is 25.5 Å². The maximum Gasteiger partial charge on any atom is 0.389 e. The van der Waals surface area contributed by atoms with E-state index in [4.69, 9.17) is 0 Å². The van der Waals surface area contributed by atoms with E-state index in [-0.39, 0.29) is 18.8 Å².